The third kappa shape index (κ3) is 13.0. The Bertz CT molecular complexity index is 2690. The molecule has 61 heavy (non-hydrogen) atoms. The van der Waals surface area contributed by atoms with Crippen molar-refractivity contribution < 1.29 is 23.8 Å². The maximum Gasteiger partial charge on any atom is 0.262 e. The van der Waals surface area contributed by atoms with Crippen molar-refractivity contribution >= 4 is 44.8 Å². The van der Waals surface area contributed by atoms with Gasteiger partial charge in [-0.25, -0.2) is 4.98 Å². The van der Waals surface area contributed by atoms with Crippen LogP contribution in [0.1, 0.15) is 13.1 Å². The van der Waals surface area contributed by atoms with E-state index in [1.54, 1.807) is 18.7 Å². The quantitative estimate of drug-likeness (QED) is 0.148. The van der Waals surface area contributed by atoms with Crippen LogP contribution in [0.5, 0.6) is 17.2 Å². The summed E-state index contributed by atoms with van der Waals surface area (Å²) in [5.41, 5.74) is 24.7. The summed E-state index contributed by atoms with van der Waals surface area (Å²) in [6.45, 7) is 9.08. The topological polar surface area (TPSA) is 144 Å². The van der Waals surface area contributed by atoms with E-state index in [0.29, 0.717) is 18.0 Å². The Hall–Kier alpha value is -8.01. The van der Waals surface area contributed by atoms with Gasteiger partial charge in [-0.1, -0.05) is 53.0 Å². The van der Waals surface area contributed by atoms with E-state index in [1.165, 1.54) is 0 Å². The number of imidazole rings is 1. The maximum absolute atomic E-state index is 11.2. The fourth-order valence-corrected chi connectivity index (χ4v) is 6.10. The van der Waals surface area contributed by atoms with Crippen LogP contribution in [-0.2, 0) is 16.1 Å². The number of nitrogens with one attached hydrogen (secondary N) is 3. The first-order valence-electron chi connectivity index (χ1n) is 18.3. The standard InChI is InChI=1S/C17H16N4O.C13H10N2O2.C9H4.C8H6BrNO2.CH4/c1-2-14(9-18-5-1)13-3-4-17-16(8-13)21(6-7-22-17)11-15-10-19-12-20-15;16-13-8-17-12-5-4-9(7-11(12)15-13)10-3-1-2-6-14-10;1-3-5-7-9-8-6-4-2;9-5-1-2-7-6(3-5)10-8(11)4-12-7;/h1-5,8-10,12H,6-7,11H2,(H,19,20);1-7H,8H2,(H,15,16);1-2H2;1-3H,4H2,(H,10,11);1H4. The second-order valence-corrected chi connectivity index (χ2v) is 13.4. The lowest BCUT2D eigenvalue weighted by Crippen LogP contribution is -2.32. The van der Waals surface area contributed by atoms with Crippen molar-refractivity contribution in [2.45, 2.75) is 14.0 Å². The molecule has 304 valence electrons. The van der Waals surface area contributed by atoms with Gasteiger partial charge in [0.05, 0.1) is 47.9 Å². The van der Waals surface area contributed by atoms with Gasteiger partial charge in [0.15, 0.2) is 13.2 Å². The van der Waals surface area contributed by atoms with E-state index in [1.807, 2.05) is 79.1 Å². The van der Waals surface area contributed by atoms with Crippen molar-refractivity contribution in [3.63, 3.8) is 0 Å². The summed E-state index contributed by atoms with van der Waals surface area (Å²) >= 11 is 3.30. The third-order valence-electron chi connectivity index (χ3n) is 8.40. The first kappa shape index (κ1) is 44.1. The highest BCUT2D eigenvalue weighted by Gasteiger charge is 2.20. The molecule has 0 radical (unpaired) electrons. The monoisotopic (exact) mass is 873 g/mol. The van der Waals surface area contributed by atoms with Crippen molar-refractivity contribution in [3.05, 3.63) is 179 Å². The minimum Gasteiger partial charge on any atom is -0.490 e. The normalized spacial score (nSPS) is 12.0. The molecule has 0 bridgehead atoms. The Morgan fingerprint density at radius 1 is 0.689 bits per heavy atom. The average molecular weight is 875 g/mol. The Kier molecular flexibility index (Phi) is 16.5. The molecule has 0 saturated carbocycles. The van der Waals surface area contributed by atoms with Crippen LogP contribution in [0, 0.1) is 0 Å². The Labute approximate surface area is 362 Å². The van der Waals surface area contributed by atoms with Gasteiger partial charge >= 0.3 is 0 Å². The molecule has 3 aromatic carbocycles. The number of carbonyl (C=O) groups is 2. The van der Waals surface area contributed by atoms with E-state index in [9.17, 15) is 9.59 Å². The van der Waals surface area contributed by atoms with Gasteiger partial charge in [0.25, 0.3) is 11.8 Å². The SMILES string of the molecule is C.C=C=C=C=C=C=C=C=C.O=C1COc2ccc(-c3ccccn3)cc2N1.O=C1COc2ccc(Br)cc2N1.c1cncc(-c2ccc3c(c2)N(Cc2cnc[nH]2)CCO3)c1. The number of halogens is 1. The van der Waals surface area contributed by atoms with Crippen molar-refractivity contribution in [1.82, 2.24) is 19.9 Å². The van der Waals surface area contributed by atoms with Crippen LogP contribution in [0.4, 0.5) is 17.1 Å². The van der Waals surface area contributed by atoms with Gasteiger partial charge < -0.3 is 34.7 Å². The van der Waals surface area contributed by atoms with Crippen LogP contribution >= 0.6 is 15.9 Å². The van der Waals surface area contributed by atoms with Gasteiger partial charge in [0.2, 0.25) is 0 Å². The molecular formula is C48H40BrN7O5. The van der Waals surface area contributed by atoms with E-state index in [-0.39, 0.29) is 32.5 Å². The molecule has 0 spiro atoms. The van der Waals surface area contributed by atoms with E-state index >= 15 is 0 Å². The summed E-state index contributed by atoms with van der Waals surface area (Å²) < 4.78 is 17.2. The Balaban J connectivity index is 0.000000162. The van der Waals surface area contributed by atoms with Crippen molar-refractivity contribution in [2.75, 3.05) is 41.9 Å². The predicted molar refractivity (Wildman–Crippen MR) is 239 cm³/mol. The van der Waals surface area contributed by atoms with Crippen molar-refractivity contribution in [2.24, 2.45) is 0 Å². The number of anilines is 3. The summed E-state index contributed by atoms with van der Waals surface area (Å²) in [5, 5.41) is 5.49. The highest BCUT2D eigenvalue weighted by molar-refractivity contribution is 9.10. The summed E-state index contributed by atoms with van der Waals surface area (Å²) in [7, 11) is 0. The number of ether oxygens (including phenoxy) is 3. The van der Waals surface area contributed by atoms with Crippen LogP contribution in [0.3, 0.4) is 0 Å². The van der Waals surface area contributed by atoms with Gasteiger partial charge in [-0.15, -0.1) is 0 Å². The zero-order valence-electron chi connectivity index (χ0n) is 32.1. The van der Waals surface area contributed by atoms with Crippen molar-refractivity contribution in [3.8, 4) is 39.6 Å². The number of hydrogen-bond donors (Lipinski definition) is 3. The second kappa shape index (κ2) is 22.8. The molecule has 6 aromatic rings. The maximum atomic E-state index is 11.2. The van der Waals surface area contributed by atoms with Gasteiger partial charge in [0, 0.05) is 40.4 Å². The number of fused-ring (bicyclic) bond motifs is 3. The van der Waals surface area contributed by atoms with Crippen LogP contribution in [0.15, 0.2) is 174 Å². The Morgan fingerprint density at radius 2 is 1.38 bits per heavy atom. The summed E-state index contributed by atoms with van der Waals surface area (Å²) in [5.74, 6) is 2.11. The molecule has 3 N–H and O–H groups in total. The lowest BCUT2D eigenvalue weighted by molar-refractivity contribution is -0.119. The van der Waals surface area contributed by atoms with Crippen LogP contribution < -0.4 is 29.7 Å². The van der Waals surface area contributed by atoms with Gasteiger partial charge in [-0.3, -0.25) is 19.6 Å². The van der Waals surface area contributed by atoms with E-state index in [0.717, 1.165) is 68.5 Å². The first-order chi connectivity index (χ1) is 29.4. The Morgan fingerprint density at radius 3 is 2.03 bits per heavy atom. The molecule has 0 atom stereocenters. The molecule has 0 fully saturated rings. The highest BCUT2D eigenvalue weighted by atomic mass is 79.9. The average Bonchev–Trinajstić information content (AvgIpc) is 3.80. The molecule has 0 aliphatic carbocycles. The highest BCUT2D eigenvalue weighted by Crippen LogP contribution is 2.36. The molecule has 3 aromatic heterocycles. The molecule has 12 nitrogen and oxygen atoms in total. The second-order valence-electron chi connectivity index (χ2n) is 12.5. The van der Waals surface area contributed by atoms with E-state index in [2.05, 4.69) is 123 Å². The zero-order chi connectivity index (χ0) is 41.9. The number of aromatic amines is 1. The van der Waals surface area contributed by atoms with Crippen LogP contribution in [-0.4, -0.2) is 58.1 Å². The molecule has 2 amide bonds. The number of hydrogen-bond acceptors (Lipinski definition) is 9. The summed E-state index contributed by atoms with van der Waals surface area (Å²) in [6.07, 6.45) is 8.98. The lowest BCUT2D eigenvalue weighted by atomic mass is 10.1. The molecule has 13 heteroatoms. The van der Waals surface area contributed by atoms with Crippen LogP contribution in [0.2, 0.25) is 0 Å². The summed E-state index contributed by atoms with van der Waals surface area (Å²) in [4.78, 5) is 40.1. The molecule has 0 saturated heterocycles. The molecule has 3 aliphatic heterocycles. The van der Waals surface area contributed by atoms with E-state index < -0.39 is 0 Å². The van der Waals surface area contributed by atoms with Gasteiger partial charge in [-0.2, -0.15) is 0 Å². The van der Waals surface area contributed by atoms with Crippen LogP contribution in [0.25, 0.3) is 22.4 Å². The van der Waals surface area contributed by atoms with Gasteiger partial charge in [0.1, 0.15) is 23.9 Å². The number of aromatic nitrogens is 4. The number of pyridine rings is 2. The minimum absolute atomic E-state index is 0. The van der Waals surface area contributed by atoms with E-state index in [4.69, 9.17) is 14.2 Å². The van der Waals surface area contributed by atoms with Crippen molar-refractivity contribution in [1.29, 1.82) is 0 Å². The smallest absolute Gasteiger partial charge is 0.262 e. The number of amides is 2. The molecule has 0 unspecified atom stereocenters. The molecular weight excluding hydrogens is 834 g/mol. The number of rotatable bonds is 4. The molecule has 6 heterocycles. The van der Waals surface area contributed by atoms with Gasteiger partial charge in [-0.05, 0) is 114 Å². The third-order valence-corrected chi connectivity index (χ3v) is 8.90. The molecule has 3 aliphatic rings. The number of nitrogens with zero attached hydrogens (tertiary/aromatic N) is 4. The number of carbonyl (C=O) groups excluding carboxylic acids is 2. The first-order valence-corrected chi connectivity index (χ1v) is 19.1. The fraction of sp³-hybridized carbons (Fsp3) is 0.125. The summed E-state index contributed by atoms with van der Waals surface area (Å²) in [6, 6.07) is 27.2. The number of benzene rings is 3. The molecule has 9 rings (SSSR count). The number of H-pyrrole nitrogens is 1. The largest absolute Gasteiger partial charge is 0.490 e. The lowest BCUT2D eigenvalue weighted by Gasteiger charge is -2.31. The minimum atomic E-state index is -0.129. The predicted octanol–water partition coefficient (Wildman–Crippen LogP) is 9.25. The zero-order valence-corrected chi connectivity index (χ0v) is 33.7. The fourth-order valence-electron chi connectivity index (χ4n) is 5.74.